The quantitative estimate of drug-likeness (QED) is 0.554. The van der Waals surface area contributed by atoms with Crippen LogP contribution in [-0.2, 0) is 0 Å². The van der Waals surface area contributed by atoms with Crippen molar-refractivity contribution in [3.8, 4) is 0 Å². The first-order chi connectivity index (χ1) is 7.28. The molecule has 0 fully saturated rings. The molecular formula is C12H29N3. The number of hydrogen-bond donors (Lipinski definition) is 1. The van der Waals surface area contributed by atoms with Crippen LogP contribution in [0.25, 0.3) is 0 Å². The lowest BCUT2D eigenvalue weighted by atomic mass is 10.4. The van der Waals surface area contributed by atoms with Crippen molar-refractivity contribution in [1.29, 1.82) is 0 Å². The highest BCUT2D eigenvalue weighted by molar-refractivity contribution is 4.61. The van der Waals surface area contributed by atoms with E-state index in [9.17, 15) is 0 Å². The van der Waals surface area contributed by atoms with Crippen molar-refractivity contribution in [3.05, 3.63) is 0 Å². The molecule has 0 atom stereocenters. The van der Waals surface area contributed by atoms with E-state index in [0.717, 1.165) is 19.6 Å². The average Bonchev–Trinajstić information content (AvgIpc) is 2.28. The first-order valence-corrected chi connectivity index (χ1v) is 6.43. The highest BCUT2D eigenvalue weighted by Gasteiger charge is 2.04. The highest BCUT2D eigenvalue weighted by atomic mass is 15.2. The molecule has 0 unspecified atom stereocenters. The maximum atomic E-state index is 3.37. The van der Waals surface area contributed by atoms with Crippen LogP contribution in [0.1, 0.15) is 27.7 Å². The molecule has 0 aliphatic heterocycles. The van der Waals surface area contributed by atoms with Crippen molar-refractivity contribution in [2.24, 2.45) is 0 Å². The summed E-state index contributed by atoms with van der Waals surface area (Å²) >= 11 is 0. The van der Waals surface area contributed by atoms with E-state index in [0.29, 0.717) is 0 Å². The third kappa shape index (κ3) is 7.77. The molecule has 92 valence electrons. The fraction of sp³-hybridized carbons (Fsp3) is 1.00. The van der Waals surface area contributed by atoms with Crippen molar-refractivity contribution in [1.82, 2.24) is 15.1 Å². The number of nitrogens with one attached hydrogen (secondary N) is 1. The molecule has 0 heterocycles. The number of rotatable bonds is 10. The smallest absolute Gasteiger partial charge is 0.0110 e. The molecule has 0 spiro atoms. The molecule has 0 aliphatic carbocycles. The zero-order valence-corrected chi connectivity index (χ0v) is 11.1. The molecular weight excluding hydrogens is 186 g/mol. The second kappa shape index (κ2) is 10.4. The van der Waals surface area contributed by atoms with Crippen LogP contribution in [0.5, 0.6) is 0 Å². The Kier molecular flexibility index (Phi) is 10.3. The largest absolute Gasteiger partial charge is 0.316 e. The van der Waals surface area contributed by atoms with Gasteiger partial charge in [-0.25, -0.2) is 0 Å². The molecule has 1 N–H and O–H groups in total. The molecule has 0 saturated heterocycles. The Morgan fingerprint density at radius 3 is 1.73 bits per heavy atom. The maximum Gasteiger partial charge on any atom is 0.0110 e. The highest BCUT2D eigenvalue weighted by Crippen LogP contribution is 1.91. The minimum Gasteiger partial charge on any atom is -0.316 e. The normalized spacial score (nSPS) is 11.6. The molecule has 15 heavy (non-hydrogen) atoms. The van der Waals surface area contributed by atoms with Gasteiger partial charge in [-0.15, -0.1) is 0 Å². The Balaban J connectivity index is 3.59. The van der Waals surface area contributed by atoms with Gasteiger partial charge in [0.05, 0.1) is 0 Å². The Morgan fingerprint density at radius 1 is 0.733 bits per heavy atom. The first kappa shape index (κ1) is 14.9. The lowest BCUT2D eigenvalue weighted by Gasteiger charge is -2.25. The summed E-state index contributed by atoms with van der Waals surface area (Å²) in [6, 6.07) is 0. The standard InChI is InChI=1S/C12H29N3/c1-5-13-9-10-15(8-4)12-11-14(6-2)7-3/h13H,5-12H2,1-4H3. The van der Waals surface area contributed by atoms with Crippen LogP contribution in [0.3, 0.4) is 0 Å². The van der Waals surface area contributed by atoms with Crippen molar-refractivity contribution in [3.63, 3.8) is 0 Å². The van der Waals surface area contributed by atoms with Gasteiger partial charge in [0, 0.05) is 26.2 Å². The molecule has 0 aromatic heterocycles. The van der Waals surface area contributed by atoms with Gasteiger partial charge < -0.3 is 15.1 Å². The van der Waals surface area contributed by atoms with Gasteiger partial charge in [0.2, 0.25) is 0 Å². The van der Waals surface area contributed by atoms with Gasteiger partial charge >= 0.3 is 0 Å². The van der Waals surface area contributed by atoms with Gasteiger partial charge in [0.25, 0.3) is 0 Å². The second-order valence-electron chi connectivity index (χ2n) is 3.81. The Hall–Kier alpha value is -0.120. The Labute approximate surface area is 95.8 Å². The van der Waals surface area contributed by atoms with E-state index >= 15 is 0 Å². The monoisotopic (exact) mass is 215 g/mol. The van der Waals surface area contributed by atoms with E-state index in [1.165, 1.54) is 32.7 Å². The summed E-state index contributed by atoms with van der Waals surface area (Å²) in [5, 5.41) is 3.37. The zero-order valence-electron chi connectivity index (χ0n) is 11.1. The minimum absolute atomic E-state index is 1.08. The number of hydrogen-bond acceptors (Lipinski definition) is 3. The van der Waals surface area contributed by atoms with E-state index in [1.54, 1.807) is 0 Å². The Bertz CT molecular complexity index is 124. The van der Waals surface area contributed by atoms with Crippen LogP contribution >= 0.6 is 0 Å². The average molecular weight is 215 g/mol. The zero-order chi connectivity index (χ0) is 11.5. The third-order valence-corrected chi connectivity index (χ3v) is 2.93. The van der Waals surface area contributed by atoms with Crippen molar-refractivity contribution < 1.29 is 0 Å². The second-order valence-corrected chi connectivity index (χ2v) is 3.81. The van der Waals surface area contributed by atoms with E-state index in [-0.39, 0.29) is 0 Å². The fourth-order valence-corrected chi connectivity index (χ4v) is 1.66. The Morgan fingerprint density at radius 2 is 1.27 bits per heavy atom. The number of likely N-dealkylation sites (N-methyl/N-ethyl adjacent to an activating group) is 3. The van der Waals surface area contributed by atoms with Gasteiger partial charge in [0.1, 0.15) is 0 Å². The van der Waals surface area contributed by atoms with Crippen LogP contribution < -0.4 is 5.32 Å². The summed E-state index contributed by atoms with van der Waals surface area (Å²) in [5.41, 5.74) is 0. The fourth-order valence-electron chi connectivity index (χ4n) is 1.66. The van der Waals surface area contributed by atoms with Crippen molar-refractivity contribution >= 4 is 0 Å². The summed E-state index contributed by atoms with van der Waals surface area (Å²) in [4.78, 5) is 5.00. The maximum absolute atomic E-state index is 3.37. The SMILES string of the molecule is CCNCCN(CC)CCN(CC)CC. The van der Waals surface area contributed by atoms with Crippen LogP contribution in [0, 0.1) is 0 Å². The molecule has 0 bridgehead atoms. The number of nitrogens with zero attached hydrogens (tertiary/aromatic N) is 2. The molecule has 3 nitrogen and oxygen atoms in total. The molecule has 0 radical (unpaired) electrons. The van der Waals surface area contributed by atoms with E-state index < -0.39 is 0 Å². The van der Waals surface area contributed by atoms with Crippen molar-refractivity contribution in [2.45, 2.75) is 27.7 Å². The molecule has 3 heteroatoms. The molecule has 0 aromatic rings. The molecule has 0 aliphatic rings. The van der Waals surface area contributed by atoms with Gasteiger partial charge in [-0.3, -0.25) is 0 Å². The third-order valence-electron chi connectivity index (χ3n) is 2.93. The summed E-state index contributed by atoms with van der Waals surface area (Å²) < 4.78 is 0. The predicted octanol–water partition coefficient (Wildman–Crippen LogP) is 1.26. The van der Waals surface area contributed by atoms with Gasteiger partial charge in [-0.05, 0) is 26.2 Å². The van der Waals surface area contributed by atoms with Crippen LogP contribution in [-0.4, -0.2) is 62.2 Å². The molecule has 0 rings (SSSR count). The van der Waals surface area contributed by atoms with Crippen LogP contribution in [0.2, 0.25) is 0 Å². The van der Waals surface area contributed by atoms with E-state index in [1.807, 2.05) is 0 Å². The minimum atomic E-state index is 1.08. The summed E-state index contributed by atoms with van der Waals surface area (Å²) in [7, 11) is 0. The van der Waals surface area contributed by atoms with Crippen LogP contribution in [0.15, 0.2) is 0 Å². The first-order valence-electron chi connectivity index (χ1n) is 6.43. The van der Waals surface area contributed by atoms with Crippen molar-refractivity contribution in [2.75, 3.05) is 52.4 Å². The topological polar surface area (TPSA) is 18.5 Å². The summed E-state index contributed by atoms with van der Waals surface area (Å²) in [6.45, 7) is 18.1. The van der Waals surface area contributed by atoms with Gasteiger partial charge in [-0.2, -0.15) is 0 Å². The molecule has 0 saturated carbocycles. The van der Waals surface area contributed by atoms with Gasteiger partial charge in [0.15, 0.2) is 0 Å². The van der Waals surface area contributed by atoms with E-state index in [4.69, 9.17) is 0 Å². The molecule has 0 aromatic carbocycles. The lowest BCUT2D eigenvalue weighted by molar-refractivity contribution is 0.221. The van der Waals surface area contributed by atoms with Gasteiger partial charge in [-0.1, -0.05) is 27.7 Å². The lowest BCUT2D eigenvalue weighted by Crippen LogP contribution is -2.38. The van der Waals surface area contributed by atoms with Crippen LogP contribution in [0.4, 0.5) is 0 Å². The predicted molar refractivity (Wildman–Crippen MR) is 68.4 cm³/mol. The molecule has 0 amide bonds. The van der Waals surface area contributed by atoms with E-state index in [2.05, 4.69) is 42.8 Å². The summed E-state index contributed by atoms with van der Waals surface area (Å²) in [6.07, 6.45) is 0. The summed E-state index contributed by atoms with van der Waals surface area (Å²) in [5.74, 6) is 0.